The van der Waals surface area contributed by atoms with Crippen LogP contribution >= 0.6 is 12.2 Å². The van der Waals surface area contributed by atoms with Crippen molar-refractivity contribution in [3.05, 3.63) is 64.5 Å². The second kappa shape index (κ2) is 6.62. The lowest BCUT2D eigenvalue weighted by Gasteiger charge is -2.12. The Morgan fingerprint density at radius 1 is 1.14 bits per heavy atom. The molecule has 0 radical (unpaired) electrons. The zero-order valence-corrected chi connectivity index (χ0v) is 11.5. The number of thiocarbonyl (C=S) groups is 1. The summed E-state index contributed by atoms with van der Waals surface area (Å²) < 4.78 is 13.4. The molecule has 0 saturated carbocycles. The summed E-state index contributed by atoms with van der Waals surface area (Å²) in [5.74, 6) is -0.419. The third-order valence-electron chi connectivity index (χ3n) is 2.52. The van der Waals surface area contributed by atoms with Gasteiger partial charge >= 0.3 is 0 Å². The van der Waals surface area contributed by atoms with E-state index >= 15 is 0 Å². The van der Waals surface area contributed by atoms with Crippen molar-refractivity contribution in [2.75, 3.05) is 10.7 Å². The Morgan fingerprint density at radius 3 is 2.43 bits per heavy atom. The summed E-state index contributed by atoms with van der Waals surface area (Å²) in [4.78, 5) is 10.0. The first kappa shape index (κ1) is 14.7. The van der Waals surface area contributed by atoms with Crippen LogP contribution in [0.2, 0.25) is 0 Å². The highest BCUT2D eigenvalue weighted by Gasteiger charge is 2.05. The van der Waals surface area contributed by atoms with E-state index < -0.39 is 10.7 Å². The van der Waals surface area contributed by atoms with Crippen molar-refractivity contribution in [1.82, 2.24) is 5.43 Å². The van der Waals surface area contributed by atoms with Crippen LogP contribution in [0.1, 0.15) is 0 Å². The molecule has 3 N–H and O–H groups in total. The van der Waals surface area contributed by atoms with Gasteiger partial charge < -0.3 is 5.32 Å². The topological polar surface area (TPSA) is 79.2 Å². The summed E-state index contributed by atoms with van der Waals surface area (Å²) in [7, 11) is 0. The Hall–Kier alpha value is -2.74. The summed E-state index contributed by atoms with van der Waals surface area (Å²) in [5, 5.41) is 13.4. The van der Waals surface area contributed by atoms with Crippen LogP contribution in [0.15, 0.2) is 48.5 Å². The molecule has 0 spiro atoms. The maximum absolute atomic E-state index is 13.4. The van der Waals surface area contributed by atoms with E-state index in [-0.39, 0.29) is 16.5 Å². The lowest BCUT2D eigenvalue weighted by atomic mass is 10.3. The molecule has 0 unspecified atom stereocenters. The van der Waals surface area contributed by atoms with E-state index in [0.717, 1.165) is 0 Å². The van der Waals surface area contributed by atoms with Gasteiger partial charge in [-0.05, 0) is 36.5 Å². The Morgan fingerprint density at radius 2 is 1.81 bits per heavy atom. The SMILES string of the molecule is O=[N+]([O-])c1ccc(NNC(=S)Nc2ccccc2F)cc1. The predicted octanol–water partition coefficient (Wildman–Crippen LogP) is 3.05. The van der Waals surface area contributed by atoms with E-state index in [9.17, 15) is 14.5 Å². The van der Waals surface area contributed by atoms with Crippen molar-refractivity contribution in [2.24, 2.45) is 0 Å². The molecule has 6 nitrogen and oxygen atoms in total. The molecule has 108 valence electrons. The maximum Gasteiger partial charge on any atom is 0.269 e. The normalized spacial score (nSPS) is 9.76. The van der Waals surface area contributed by atoms with Crippen molar-refractivity contribution in [2.45, 2.75) is 0 Å². The van der Waals surface area contributed by atoms with Gasteiger partial charge in [0, 0.05) is 12.1 Å². The summed E-state index contributed by atoms with van der Waals surface area (Å²) in [6, 6.07) is 11.9. The first-order chi connectivity index (χ1) is 10.1. The van der Waals surface area contributed by atoms with Crippen LogP contribution in [-0.2, 0) is 0 Å². The number of nitrogens with zero attached hydrogens (tertiary/aromatic N) is 1. The number of hydrogen-bond donors (Lipinski definition) is 3. The molecule has 2 rings (SSSR count). The Kier molecular flexibility index (Phi) is 4.62. The van der Waals surface area contributed by atoms with E-state index in [0.29, 0.717) is 5.69 Å². The van der Waals surface area contributed by atoms with Crippen molar-refractivity contribution < 1.29 is 9.31 Å². The van der Waals surface area contributed by atoms with Crippen LogP contribution in [-0.4, -0.2) is 10.0 Å². The standard InChI is InChI=1S/C13H11FN4O2S/c14-11-3-1-2-4-12(11)15-13(21)17-16-9-5-7-10(8-6-9)18(19)20/h1-8,16H,(H2,15,17,21). The highest BCUT2D eigenvalue weighted by molar-refractivity contribution is 7.80. The monoisotopic (exact) mass is 306 g/mol. The van der Waals surface area contributed by atoms with Gasteiger partial charge in [0.05, 0.1) is 16.3 Å². The van der Waals surface area contributed by atoms with Gasteiger partial charge in [-0.25, -0.2) is 4.39 Å². The predicted molar refractivity (Wildman–Crippen MR) is 82.5 cm³/mol. The lowest BCUT2D eigenvalue weighted by molar-refractivity contribution is -0.384. The van der Waals surface area contributed by atoms with Gasteiger partial charge in [0.25, 0.3) is 5.69 Å². The molecule has 0 saturated heterocycles. The number of para-hydroxylation sites is 1. The Labute approximate surface area is 125 Å². The number of hydrazine groups is 1. The highest BCUT2D eigenvalue weighted by Crippen LogP contribution is 2.15. The van der Waals surface area contributed by atoms with Gasteiger partial charge in [0.15, 0.2) is 5.11 Å². The van der Waals surface area contributed by atoms with E-state index in [1.54, 1.807) is 18.2 Å². The zero-order chi connectivity index (χ0) is 15.2. The first-order valence-corrected chi connectivity index (χ1v) is 6.29. The molecule has 0 fully saturated rings. The second-order valence-corrected chi connectivity index (χ2v) is 4.40. The van der Waals surface area contributed by atoms with Crippen LogP contribution in [0.5, 0.6) is 0 Å². The number of rotatable bonds is 4. The molecule has 0 aromatic heterocycles. The fraction of sp³-hybridized carbons (Fsp3) is 0. The van der Waals surface area contributed by atoms with Crippen molar-refractivity contribution in [3.8, 4) is 0 Å². The lowest BCUT2D eigenvalue weighted by Crippen LogP contribution is -2.33. The number of hydrogen-bond acceptors (Lipinski definition) is 4. The van der Waals surface area contributed by atoms with Crippen LogP contribution in [0.3, 0.4) is 0 Å². The summed E-state index contributed by atoms with van der Waals surface area (Å²) in [6.45, 7) is 0. The minimum absolute atomic E-state index is 0.00684. The molecule has 0 bridgehead atoms. The number of benzene rings is 2. The number of nitro groups is 1. The molecule has 0 aliphatic carbocycles. The van der Waals surface area contributed by atoms with Gasteiger partial charge in [-0.15, -0.1) is 0 Å². The van der Waals surface area contributed by atoms with Gasteiger partial charge in [0.1, 0.15) is 5.82 Å². The summed E-state index contributed by atoms with van der Waals surface area (Å²) in [5.41, 5.74) is 6.23. The fourth-order valence-electron chi connectivity index (χ4n) is 1.51. The van der Waals surface area contributed by atoms with Crippen LogP contribution < -0.4 is 16.2 Å². The highest BCUT2D eigenvalue weighted by atomic mass is 32.1. The average Bonchev–Trinajstić information content (AvgIpc) is 2.48. The first-order valence-electron chi connectivity index (χ1n) is 5.88. The zero-order valence-electron chi connectivity index (χ0n) is 10.7. The number of nitrogens with one attached hydrogen (secondary N) is 3. The van der Waals surface area contributed by atoms with Crippen molar-refractivity contribution >= 4 is 34.4 Å². The van der Waals surface area contributed by atoms with Gasteiger partial charge in [0.2, 0.25) is 0 Å². The molecule has 0 atom stereocenters. The number of non-ortho nitro benzene ring substituents is 1. The number of halogens is 1. The molecule has 0 amide bonds. The molecule has 8 heteroatoms. The fourth-order valence-corrected chi connectivity index (χ4v) is 1.67. The summed E-state index contributed by atoms with van der Waals surface area (Å²) >= 11 is 5.00. The number of nitro benzene ring substituents is 1. The number of anilines is 2. The summed E-state index contributed by atoms with van der Waals surface area (Å²) in [6.07, 6.45) is 0. The van der Waals surface area contributed by atoms with E-state index in [2.05, 4.69) is 16.2 Å². The molecule has 21 heavy (non-hydrogen) atoms. The third kappa shape index (κ3) is 4.11. The Bertz CT molecular complexity index is 663. The van der Waals surface area contributed by atoms with Crippen molar-refractivity contribution in [3.63, 3.8) is 0 Å². The molecule has 0 aliphatic heterocycles. The Balaban J connectivity index is 1.89. The van der Waals surface area contributed by atoms with E-state index in [1.807, 2.05) is 0 Å². The minimum atomic E-state index is -0.485. The van der Waals surface area contributed by atoms with E-state index in [4.69, 9.17) is 12.2 Å². The van der Waals surface area contributed by atoms with Crippen LogP contribution in [0.4, 0.5) is 21.5 Å². The minimum Gasteiger partial charge on any atom is -0.329 e. The van der Waals surface area contributed by atoms with Gasteiger partial charge in [-0.3, -0.25) is 21.0 Å². The van der Waals surface area contributed by atoms with Crippen molar-refractivity contribution in [1.29, 1.82) is 0 Å². The third-order valence-corrected chi connectivity index (χ3v) is 2.72. The largest absolute Gasteiger partial charge is 0.329 e. The van der Waals surface area contributed by atoms with Gasteiger partial charge in [-0.1, -0.05) is 12.1 Å². The molecular formula is C13H11FN4O2S. The quantitative estimate of drug-likeness (QED) is 0.458. The molecule has 2 aromatic carbocycles. The molecular weight excluding hydrogens is 295 g/mol. The van der Waals surface area contributed by atoms with Crippen LogP contribution in [0.25, 0.3) is 0 Å². The molecule has 0 aliphatic rings. The van der Waals surface area contributed by atoms with Gasteiger partial charge in [-0.2, -0.15) is 0 Å². The smallest absolute Gasteiger partial charge is 0.269 e. The van der Waals surface area contributed by atoms with Crippen LogP contribution in [0, 0.1) is 15.9 Å². The molecule has 2 aromatic rings. The molecule has 0 heterocycles. The van der Waals surface area contributed by atoms with E-state index in [1.165, 1.54) is 30.3 Å². The average molecular weight is 306 g/mol. The second-order valence-electron chi connectivity index (χ2n) is 3.99. The maximum atomic E-state index is 13.4.